The first kappa shape index (κ1) is 12.3. The van der Waals surface area contributed by atoms with Crippen LogP contribution in [-0.4, -0.2) is 13.1 Å². The Kier molecular flexibility index (Phi) is 11.7. The first-order valence-corrected chi connectivity index (χ1v) is 9.31. The Morgan fingerprint density at radius 1 is 1.78 bits per heavy atom. The summed E-state index contributed by atoms with van der Waals surface area (Å²) in [5.74, 6) is -0.509. The molecule has 0 aliphatic rings. The fraction of sp³-hybridized carbons (Fsp3) is 0.600. The van der Waals surface area contributed by atoms with Crippen LogP contribution in [0.5, 0.6) is 0 Å². The van der Waals surface area contributed by atoms with Crippen LogP contribution >= 0.6 is 13.6 Å². The molecular weight excluding hydrogens is 237 g/mol. The van der Waals surface area contributed by atoms with E-state index in [4.69, 9.17) is 0 Å². The standard InChI is InChI=1S/C5H9O2.BrH.Zn/c1-4(2)5(6)7-3;;/h4H,1H2,2-3H3;1H;/q-1;;+2/p-1. The van der Waals surface area contributed by atoms with E-state index < -0.39 is 0 Å². The summed E-state index contributed by atoms with van der Waals surface area (Å²) in [6.45, 7) is 5.12. The summed E-state index contributed by atoms with van der Waals surface area (Å²) >= 11 is 4.25. The number of halogens is 1. The summed E-state index contributed by atoms with van der Waals surface area (Å²) in [5, 5.41) is 0. The van der Waals surface area contributed by atoms with E-state index in [-0.39, 0.29) is 11.9 Å². The molecule has 0 saturated carbocycles. The van der Waals surface area contributed by atoms with E-state index in [1.54, 1.807) is 6.92 Å². The minimum atomic E-state index is -0.264. The molecule has 0 saturated heterocycles. The van der Waals surface area contributed by atoms with E-state index in [1.807, 2.05) is 0 Å². The molecule has 0 radical (unpaired) electrons. The number of ether oxygens (including phenoxy) is 1. The Hall–Kier alpha value is 0.573. The summed E-state index contributed by atoms with van der Waals surface area (Å²) in [4.78, 5) is 10.2. The molecule has 0 N–H and O–H groups in total. The third-order valence-corrected chi connectivity index (χ3v) is 0.604. The van der Waals surface area contributed by atoms with Gasteiger partial charge in [-0.2, -0.15) is 0 Å². The molecule has 0 aromatic heterocycles. The van der Waals surface area contributed by atoms with Crippen molar-refractivity contribution in [1.29, 1.82) is 0 Å². The van der Waals surface area contributed by atoms with Gasteiger partial charge in [0, 0.05) is 0 Å². The van der Waals surface area contributed by atoms with Crippen molar-refractivity contribution in [3.63, 3.8) is 0 Å². The molecule has 0 aliphatic carbocycles. The molecule has 1 unspecified atom stereocenters. The number of esters is 1. The van der Waals surface area contributed by atoms with Crippen LogP contribution in [0.2, 0.25) is 0 Å². The maximum absolute atomic E-state index is 10.2. The van der Waals surface area contributed by atoms with Crippen LogP contribution in [0.3, 0.4) is 0 Å². The Bertz CT molecular complexity index is 75.4. The molecule has 4 heteroatoms. The van der Waals surface area contributed by atoms with E-state index in [0.717, 1.165) is 0 Å². The monoisotopic (exact) mass is 244 g/mol. The van der Waals surface area contributed by atoms with Gasteiger partial charge in [0.05, 0.1) is 7.11 Å². The predicted molar refractivity (Wildman–Crippen MR) is 35.5 cm³/mol. The summed E-state index contributed by atoms with van der Waals surface area (Å²) in [6, 6.07) is 0. The van der Waals surface area contributed by atoms with Crippen LogP contribution in [0.15, 0.2) is 0 Å². The van der Waals surface area contributed by atoms with Gasteiger partial charge >= 0.3 is 30.0 Å². The minimum absolute atomic E-state index is 0.245. The number of methoxy groups -OCH3 is 1. The third-order valence-electron chi connectivity index (χ3n) is 0.604. The maximum atomic E-state index is 10.2. The van der Waals surface area contributed by atoms with Crippen LogP contribution in [0.1, 0.15) is 6.92 Å². The van der Waals surface area contributed by atoms with Gasteiger partial charge in [-0.25, -0.2) is 0 Å². The van der Waals surface area contributed by atoms with Crippen LogP contribution in [0.25, 0.3) is 0 Å². The average molecular weight is 246 g/mol. The quantitative estimate of drug-likeness (QED) is 0.398. The van der Waals surface area contributed by atoms with Crippen LogP contribution < -0.4 is 0 Å². The fourth-order valence-electron chi connectivity index (χ4n) is 0.201. The second-order valence-electron chi connectivity index (χ2n) is 1.42. The normalized spacial score (nSPS) is 10.9. The van der Waals surface area contributed by atoms with Gasteiger partial charge in [-0.3, -0.25) is 4.79 Å². The number of carbonyl (C=O) groups is 1. The van der Waals surface area contributed by atoms with Crippen molar-refractivity contribution in [3.8, 4) is 0 Å². The van der Waals surface area contributed by atoms with Crippen molar-refractivity contribution in [2.24, 2.45) is 5.92 Å². The number of carbonyl (C=O) groups excluding carboxylic acids is 1. The van der Waals surface area contributed by atoms with Crippen molar-refractivity contribution in [1.82, 2.24) is 0 Å². The molecule has 1 atom stereocenters. The summed E-state index contributed by atoms with van der Waals surface area (Å²) in [7, 11) is 1.35. The van der Waals surface area contributed by atoms with Crippen molar-refractivity contribution in [3.05, 3.63) is 6.92 Å². The van der Waals surface area contributed by atoms with Crippen molar-refractivity contribution in [2.75, 3.05) is 7.11 Å². The fourth-order valence-corrected chi connectivity index (χ4v) is 0.201. The van der Waals surface area contributed by atoms with Crippen molar-refractivity contribution in [2.45, 2.75) is 6.92 Å². The number of hydrogen-bond donors (Lipinski definition) is 0. The van der Waals surface area contributed by atoms with Crippen LogP contribution in [-0.2, 0) is 25.9 Å². The van der Waals surface area contributed by atoms with Gasteiger partial charge in [0.1, 0.15) is 0 Å². The summed E-state index contributed by atoms with van der Waals surface area (Å²) < 4.78 is 4.31. The predicted octanol–water partition coefficient (Wildman–Crippen LogP) is 1.47. The second-order valence-corrected chi connectivity index (χ2v) is 1.42. The average Bonchev–Trinajstić information content (AvgIpc) is 1.91. The second kappa shape index (κ2) is 8.57. The SMILES string of the molecule is [CH2-]C(C)C(=O)OC.[Zn+][Br]. The van der Waals surface area contributed by atoms with Gasteiger partial charge < -0.3 is 11.7 Å². The summed E-state index contributed by atoms with van der Waals surface area (Å²) in [6.07, 6.45) is 0. The molecule has 0 heterocycles. The van der Waals surface area contributed by atoms with Crippen molar-refractivity contribution >= 4 is 19.6 Å². The number of hydrogen-bond acceptors (Lipinski definition) is 2. The molecular formula is C5H9BrO2Zn. The van der Waals surface area contributed by atoms with Gasteiger partial charge in [0.15, 0.2) is 0 Å². The molecule has 50 valence electrons. The van der Waals surface area contributed by atoms with E-state index in [2.05, 4.69) is 25.3 Å². The molecule has 0 amide bonds. The zero-order valence-electron chi connectivity index (χ0n) is 5.69. The molecule has 0 bridgehead atoms. The Morgan fingerprint density at radius 2 is 2.11 bits per heavy atom. The van der Waals surface area contributed by atoms with Crippen LogP contribution in [0.4, 0.5) is 0 Å². The topological polar surface area (TPSA) is 26.3 Å². The first-order valence-electron chi connectivity index (χ1n) is 2.36. The molecule has 2 nitrogen and oxygen atoms in total. The Balaban J connectivity index is 0. The van der Waals surface area contributed by atoms with Crippen LogP contribution in [0, 0.1) is 12.8 Å². The molecule has 0 aromatic rings. The van der Waals surface area contributed by atoms with Gasteiger partial charge in [-0.1, -0.05) is 12.8 Å². The molecule has 0 fully saturated rings. The Morgan fingerprint density at radius 3 is 2.11 bits per heavy atom. The third kappa shape index (κ3) is 8.57. The van der Waals surface area contributed by atoms with Gasteiger partial charge in [0.2, 0.25) is 0 Å². The summed E-state index contributed by atoms with van der Waals surface area (Å²) in [5.41, 5.74) is 0. The van der Waals surface area contributed by atoms with E-state index in [1.165, 1.54) is 23.5 Å². The molecule has 0 aliphatic heterocycles. The first-order chi connectivity index (χ1) is 4.18. The van der Waals surface area contributed by atoms with Gasteiger partial charge in [-0.05, 0) is 0 Å². The van der Waals surface area contributed by atoms with E-state index in [9.17, 15) is 4.79 Å². The zero-order chi connectivity index (χ0) is 7.86. The van der Waals surface area contributed by atoms with Gasteiger partial charge in [-0.15, -0.1) is 0 Å². The molecule has 0 aromatic carbocycles. The van der Waals surface area contributed by atoms with E-state index in [0.29, 0.717) is 0 Å². The molecule has 9 heavy (non-hydrogen) atoms. The van der Waals surface area contributed by atoms with E-state index >= 15 is 0 Å². The molecule has 0 rings (SSSR count). The zero-order valence-corrected chi connectivity index (χ0v) is 10.2. The number of rotatable bonds is 1. The van der Waals surface area contributed by atoms with Gasteiger partial charge in [0.25, 0.3) is 5.97 Å². The Labute approximate surface area is 72.4 Å². The molecule has 0 spiro atoms. The van der Waals surface area contributed by atoms with Crippen molar-refractivity contribution < 1.29 is 25.9 Å².